The van der Waals surface area contributed by atoms with Crippen LogP contribution in [0.5, 0.6) is 0 Å². The third-order valence-corrected chi connectivity index (χ3v) is 4.61. The molecule has 1 saturated carbocycles. The second kappa shape index (κ2) is 8.14. The first-order chi connectivity index (χ1) is 11.0. The van der Waals surface area contributed by atoms with Gasteiger partial charge in [0.05, 0.1) is 0 Å². The third kappa shape index (κ3) is 5.08. The van der Waals surface area contributed by atoms with Crippen LogP contribution in [0.25, 0.3) is 0 Å². The number of carbonyl (C=O) groups excluding carboxylic acids is 2. The zero-order valence-electron chi connectivity index (χ0n) is 14.2. The van der Waals surface area contributed by atoms with Crippen LogP contribution in [0, 0.1) is 5.92 Å². The van der Waals surface area contributed by atoms with E-state index in [4.69, 9.17) is 5.73 Å². The minimum atomic E-state index is -0.611. The summed E-state index contributed by atoms with van der Waals surface area (Å²) in [4.78, 5) is 23.8. The van der Waals surface area contributed by atoms with E-state index in [9.17, 15) is 9.59 Å². The van der Waals surface area contributed by atoms with Crippen LogP contribution in [0.1, 0.15) is 74.2 Å². The van der Waals surface area contributed by atoms with Crippen molar-refractivity contribution in [3.8, 4) is 0 Å². The number of nitrogens with one attached hydrogen (secondary N) is 1. The average Bonchev–Trinajstić information content (AvgIpc) is 2.54. The van der Waals surface area contributed by atoms with E-state index in [2.05, 4.69) is 5.32 Å². The molecule has 0 aromatic heterocycles. The molecule has 0 heterocycles. The minimum absolute atomic E-state index is 0.232. The van der Waals surface area contributed by atoms with Gasteiger partial charge < -0.3 is 11.1 Å². The standard InChI is InChI=1S/C19H28N2O2/c1-13(2)12-17(18(20)22)21-19(23)16-10-8-15(9-11-16)14-6-4-3-5-7-14/h8-11,13-14,17H,3-7,12H2,1-2H3,(H2,20,22)(H,21,23)/t17-/m0/s1. The van der Waals surface area contributed by atoms with E-state index in [1.807, 2.05) is 38.1 Å². The number of rotatable bonds is 6. The number of hydrogen-bond donors (Lipinski definition) is 2. The number of benzene rings is 1. The molecule has 1 atom stereocenters. The van der Waals surface area contributed by atoms with E-state index >= 15 is 0 Å². The summed E-state index contributed by atoms with van der Waals surface area (Å²) >= 11 is 0. The Balaban J connectivity index is 2.00. The van der Waals surface area contributed by atoms with Gasteiger partial charge in [0.25, 0.3) is 5.91 Å². The molecule has 1 aromatic carbocycles. The summed E-state index contributed by atoms with van der Waals surface area (Å²) in [7, 11) is 0. The lowest BCUT2D eigenvalue weighted by atomic mass is 9.84. The minimum Gasteiger partial charge on any atom is -0.368 e. The summed E-state index contributed by atoms with van der Waals surface area (Å²) in [6.45, 7) is 4.00. The highest BCUT2D eigenvalue weighted by molar-refractivity contribution is 5.97. The summed E-state index contributed by atoms with van der Waals surface area (Å²) in [5.41, 5.74) is 7.28. The average molecular weight is 316 g/mol. The van der Waals surface area contributed by atoms with Gasteiger partial charge in [-0.2, -0.15) is 0 Å². The molecule has 126 valence electrons. The first kappa shape index (κ1) is 17.5. The molecule has 3 N–H and O–H groups in total. The van der Waals surface area contributed by atoms with Crippen LogP contribution >= 0.6 is 0 Å². The fourth-order valence-corrected chi connectivity index (χ4v) is 3.30. The van der Waals surface area contributed by atoms with Crippen molar-refractivity contribution in [1.29, 1.82) is 0 Å². The summed E-state index contributed by atoms with van der Waals surface area (Å²) in [5, 5.41) is 2.75. The summed E-state index contributed by atoms with van der Waals surface area (Å²) in [5.74, 6) is 0.206. The first-order valence-corrected chi connectivity index (χ1v) is 8.67. The zero-order valence-corrected chi connectivity index (χ0v) is 14.2. The predicted molar refractivity (Wildman–Crippen MR) is 92.2 cm³/mol. The number of amides is 2. The lowest BCUT2D eigenvalue weighted by molar-refractivity contribution is -0.120. The topological polar surface area (TPSA) is 72.2 Å². The molecule has 1 aromatic rings. The maximum absolute atomic E-state index is 12.3. The molecule has 1 fully saturated rings. The second-order valence-electron chi connectivity index (χ2n) is 7.01. The molecule has 4 nitrogen and oxygen atoms in total. The van der Waals surface area contributed by atoms with E-state index in [-0.39, 0.29) is 5.91 Å². The quantitative estimate of drug-likeness (QED) is 0.844. The van der Waals surface area contributed by atoms with Crippen LogP contribution in [-0.4, -0.2) is 17.9 Å². The molecule has 2 amide bonds. The molecule has 0 spiro atoms. The highest BCUT2D eigenvalue weighted by Crippen LogP contribution is 2.32. The molecular formula is C19H28N2O2. The number of primary amides is 1. The first-order valence-electron chi connectivity index (χ1n) is 8.67. The largest absolute Gasteiger partial charge is 0.368 e. The Morgan fingerprint density at radius 1 is 1.13 bits per heavy atom. The van der Waals surface area contributed by atoms with Gasteiger partial charge >= 0.3 is 0 Å². The Kier molecular flexibility index (Phi) is 6.20. The van der Waals surface area contributed by atoms with Crippen molar-refractivity contribution in [1.82, 2.24) is 5.32 Å². The van der Waals surface area contributed by atoms with Gasteiger partial charge in [-0.15, -0.1) is 0 Å². The van der Waals surface area contributed by atoms with Gasteiger partial charge in [0.1, 0.15) is 6.04 Å². The Morgan fingerprint density at radius 2 is 1.74 bits per heavy atom. The van der Waals surface area contributed by atoms with Crippen molar-refractivity contribution in [3.63, 3.8) is 0 Å². The third-order valence-electron chi connectivity index (χ3n) is 4.61. The van der Waals surface area contributed by atoms with E-state index in [0.29, 0.717) is 23.8 Å². The Morgan fingerprint density at radius 3 is 2.26 bits per heavy atom. The van der Waals surface area contributed by atoms with E-state index in [1.54, 1.807) is 0 Å². The van der Waals surface area contributed by atoms with Gasteiger partial charge in [-0.3, -0.25) is 9.59 Å². The van der Waals surface area contributed by atoms with Crippen molar-refractivity contribution in [3.05, 3.63) is 35.4 Å². The number of hydrogen-bond acceptors (Lipinski definition) is 2. The summed E-state index contributed by atoms with van der Waals surface area (Å²) in [6, 6.07) is 7.19. The van der Waals surface area contributed by atoms with Crippen LogP contribution in [0.2, 0.25) is 0 Å². The Bertz CT molecular complexity index is 531. The summed E-state index contributed by atoms with van der Waals surface area (Å²) < 4.78 is 0. The Labute approximate surface area is 138 Å². The predicted octanol–water partition coefficient (Wildman–Crippen LogP) is 3.36. The van der Waals surface area contributed by atoms with Gasteiger partial charge in [-0.25, -0.2) is 0 Å². The molecule has 0 aliphatic heterocycles. The second-order valence-corrected chi connectivity index (χ2v) is 7.01. The molecule has 2 rings (SSSR count). The molecule has 1 aliphatic carbocycles. The lowest BCUT2D eigenvalue weighted by Crippen LogP contribution is -2.45. The van der Waals surface area contributed by atoms with Gasteiger partial charge in [-0.05, 0) is 48.8 Å². The zero-order chi connectivity index (χ0) is 16.8. The summed E-state index contributed by atoms with van der Waals surface area (Å²) in [6.07, 6.45) is 6.96. The van der Waals surface area contributed by atoms with Gasteiger partial charge in [0, 0.05) is 5.56 Å². The van der Waals surface area contributed by atoms with E-state index in [1.165, 1.54) is 37.7 Å². The van der Waals surface area contributed by atoms with Crippen LogP contribution in [0.4, 0.5) is 0 Å². The SMILES string of the molecule is CC(C)C[C@H](NC(=O)c1ccc(C2CCCCC2)cc1)C(N)=O. The number of carbonyl (C=O) groups is 2. The normalized spacial score (nSPS) is 17.0. The molecule has 0 radical (unpaired) electrons. The van der Waals surface area contributed by atoms with Crippen LogP contribution in [0.15, 0.2) is 24.3 Å². The van der Waals surface area contributed by atoms with Crippen LogP contribution in [-0.2, 0) is 4.79 Å². The van der Waals surface area contributed by atoms with Gasteiger partial charge in [0.2, 0.25) is 5.91 Å². The van der Waals surface area contributed by atoms with Crippen molar-refractivity contribution in [2.24, 2.45) is 11.7 Å². The molecule has 0 bridgehead atoms. The number of nitrogens with two attached hydrogens (primary N) is 1. The fraction of sp³-hybridized carbons (Fsp3) is 0.579. The van der Waals surface area contributed by atoms with Crippen LogP contribution < -0.4 is 11.1 Å². The molecule has 23 heavy (non-hydrogen) atoms. The molecular weight excluding hydrogens is 288 g/mol. The fourth-order valence-electron chi connectivity index (χ4n) is 3.30. The van der Waals surface area contributed by atoms with Crippen LogP contribution in [0.3, 0.4) is 0 Å². The molecule has 0 saturated heterocycles. The van der Waals surface area contributed by atoms with E-state index in [0.717, 1.165) is 0 Å². The highest BCUT2D eigenvalue weighted by atomic mass is 16.2. The van der Waals surface area contributed by atoms with Crippen molar-refractivity contribution >= 4 is 11.8 Å². The van der Waals surface area contributed by atoms with Crippen molar-refractivity contribution in [2.75, 3.05) is 0 Å². The molecule has 1 aliphatic rings. The maximum Gasteiger partial charge on any atom is 0.251 e. The van der Waals surface area contributed by atoms with Gasteiger partial charge in [0.15, 0.2) is 0 Å². The maximum atomic E-state index is 12.3. The molecule has 0 unspecified atom stereocenters. The molecule has 4 heteroatoms. The van der Waals surface area contributed by atoms with Gasteiger partial charge in [-0.1, -0.05) is 45.2 Å². The highest BCUT2D eigenvalue weighted by Gasteiger charge is 2.20. The monoisotopic (exact) mass is 316 g/mol. The van der Waals surface area contributed by atoms with E-state index < -0.39 is 11.9 Å². The smallest absolute Gasteiger partial charge is 0.251 e. The van der Waals surface area contributed by atoms with Crippen molar-refractivity contribution in [2.45, 2.75) is 64.3 Å². The lowest BCUT2D eigenvalue weighted by Gasteiger charge is -2.22. The van der Waals surface area contributed by atoms with Crippen molar-refractivity contribution < 1.29 is 9.59 Å². The Hall–Kier alpha value is -1.84.